The summed E-state index contributed by atoms with van der Waals surface area (Å²) in [6.45, 7) is 4.93. The molecule has 2 N–H and O–H groups in total. The second kappa shape index (κ2) is 7.06. The number of hydrogen-bond donors (Lipinski definition) is 1. The first kappa shape index (κ1) is 12.6. The maximum absolute atomic E-state index is 5.80. The van der Waals surface area contributed by atoms with Gasteiger partial charge in [0.05, 0.1) is 0 Å². The average Bonchev–Trinajstić information content (AvgIpc) is 2.13. The van der Waals surface area contributed by atoms with Crippen molar-refractivity contribution in [1.29, 1.82) is 0 Å². The minimum absolute atomic E-state index is 0.505. The molecule has 13 heavy (non-hydrogen) atoms. The maximum Gasteiger partial charge on any atom is 0.191 e. The molecule has 0 saturated heterocycles. The SMILES string of the molecule is CCN=C(N)N(C)C(CC)CSC. The normalized spacial score (nSPS) is 14.3. The Morgan fingerprint density at radius 1 is 1.54 bits per heavy atom. The van der Waals surface area contributed by atoms with Crippen molar-refractivity contribution in [1.82, 2.24) is 4.90 Å². The summed E-state index contributed by atoms with van der Waals surface area (Å²) in [5.41, 5.74) is 5.80. The van der Waals surface area contributed by atoms with Gasteiger partial charge in [0.2, 0.25) is 0 Å². The van der Waals surface area contributed by atoms with E-state index in [9.17, 15) is 0 Å². The fraction of sp³-hybridized carbons (Fsp3) is 0.889. The van der Waals surface area contributed by atoms with Gasteiger partial charge in [-0.1, -0.05) is 6.92 Å². The summed E-state index contributed by atoms with van der Waals surface area (Å²) >= 11 is 1.85. The van der Waals surface area contributed by atoms with Crippen LogP contribution in [0.2, 0.25) is 0 Å². The summed E-state index contributed by atoms with van der Waals surface area (Å²) < 4.78 is 0. The van der Waals surface area contributed by atoms with Gasteiger partial charge in [0.25, 0.3) is 0 Å². The van der Waals surface area contributed by atoms with E-state index in [0.29, 0.717) is 12.0 Å². The topological polar surface area (TPSA) is 41.6 Å². The molecule has 0 aromatic carbocycles. The predicted molar refractivity (Wildman–Crippen MR) is 62.4 cm³/mol. The Balaban J connectivity index is 4.18. The standard InChI is InChI=1S/C9H21N3S/c1-5-8(7-13-4)12(3)9(10)11-6-2/h8H,5-7H2,1-4H3,(H2,10,11). The summed E-state index contributed by atoms with van der Waals surface area (Å²) in [5.74, 6) is 1.76. The van der Waals surface area contributed by atoms with E-state index in [1.807, 2.05) is 25.7 Å². The number of nitrogens with two attached hydrogens (primary N) is 1. The van der Waals surface area contributed by atoms with Crippen LogP contribution >= 0.6 is 11.8 Å². The van der Waals surface area contributed by atoms with Crippen molar-refractivity contribution in [3.05, 3.63) is 0 Å². The van der Waals surface area contributed by atoms with Gasteiger partial charge in [-0.2, -0.15) is 11.8 Å². The lowest BCUT2D eigenvalue weighted by molar-refractivity contribution is 0.381. The first-order valence-corrected chi connectivity index (χ1v) is 6.08. The Kier molecular flexibility index (Phi) is 6.86. The molecule has 0 fully saturated rings. The zero-order valence-electron chi connectivity index (χ0n) is 9.08. The number of guanidine groups is 1. The summed E-state index contributed by atoms with van der Waals surface area (Å²) in [7, 11) is 2.01. The van der Waals surface area contributed by atoms with E-state index in [0.717, 1.165) is 18.7 Å². The molecule has 0 spiro atoms. The van der Waals surface area contributed by atoms with Gasteiger partial charge >= 0.3 is 0 Å². The van der Waals surface area contributed by atoms with Crippen LogP contribution in [0, 0.1) is 0 Å². The molecule has 0 saturated carbocycles. The van der Waals surface area contributed by atoms with Crippen LogP contribution in [0.4, 0.5) is 0 Å². The van der Waals surface area contributed by atoms with E-state index >= 15 is 0 Å². The molecular weight excluding hydrogens is 182 g/mol. The second-order valence-electron chi connectivity index (χ2n) is 2.96. The van der Waals surface area contributed by atoms with E-state index in [4.69, 9.17) is 5.73 Å². The van der Waals surface area contributed by atoms with Gasteiger partial charge in [-0.15, -0.1) is 0 Å². The van der Waals surface area contributed by atoms with Crippen LogP contribution in [0.15, 0.2) is 4.99 Å². The lowest BCUT2D eigenvalue weighted by Crippen LogP contribution is -2.42. The van der Waals surface area contributed by atoms with Crippen LogP contribution in [-0.2, 0) is 0 Å². The molecule has 0 amide bonds. The highest BCUT2D eigenvalue weighted by atomic mass is 32.2. The smallest absolute Gasteiger partial charge is 0.191 e. The third-order valence-electron chi connectivity index (χ3n) is 2.06. The summed E-state index contributed by atoms with van der Waals surface area (Å²) in [4.78, 5) is 6.26. The van der Waals surface area contributed by atoms with Crippen molar-refractivity contribution in [3.63, 3.8) is 0 Å². The molecule has 0 bridgehead atoms. The quantitative estimate of drug-likeness (QED) is 0.542. The van der Waals surface area contributed by atoms with E-state index in [1.54, 1.807) is 0 Å². The van der Waals surface area contributed by atoms with Crippen molar-refractivity contribution in [2.24, 2.45) is 10.7 Å². The van der Waals surface area contributed by atoms with Gasteiger partial charge in [-0.3, -0.25) is 4.99 Å². The van der Waals surface area contributed by atoms with Gasteiger partial charge in [-0.05, 0) is 19.6 Å². The maximum atomic E-state index is 5.80. The molecule has 3 nitrogen and oxygen atoms in total. The summed E-state index contributed by atoms with van der Waals surface area (Å²) in [5, 5.41) is 0. The predicted octanol–water partition coefficient (Wildman–Crippen LogP) is 1.39. The minimum atomic E-state index is 0.505. The highest BCUT2D eigenvalue weighted by Gasteiger charge is 2.13. The molecule has 0 aliphatic rings. The molecule has 0 aromatic rings. The van der Waals surface area contributed by atoms with E-state index in [1.165, 1.54) is 0 Å². The highest BCUT2D eigenvalue weighted by Crippen LogP contribution is 2.07. The van der Waals surface area contributed by atoms with Crippen LogP contribution in [-0.4, -0.2) is 42.5 Å². The molecule has 0 aromatic heterocycles. The van der Waals surface area contributed by atoms with Crippen LogP contribution in [0.5, 0.6) is 0 Å². The zero-order chi connectivity index (χ0) is 10.3. The van der Waals surface area contributed by atoms with Gasteiger partial charge in [-0.25, -0.2) is 0 Å². The number of aliphatic imine (C=N–C) groups is 1. The van der Waals surface area contributed by atoms with Crippen LogP contribution in [0.1, 0.15) is 20.3 Å². The molecular formula is C9H21N3S. The Hall–Kier alpha value is -0.380. The van der Waals surface area contributed by atoms with Crippen LogP contribution < -0.4 is 5.73 Å². The molecule has 78 valence electrons. The zero-order valence-corrected chi connectivity index (χ0v) is 9.90. The Morgan fingerprint density at radius 3 is 2.54 bits per heavy atom. The fourth-order valence-electron chi connectivity index (χ4n) is 1.16. The first-order chi connectivity index (χ1) is 6.17. The van der Waals surface area contributed by atoms with Crippen molar-refractivity contribution in [2.45, 2.75) is 26.3 Å². The largest absolute Gasteiger partial charge is 0.370 e. The van der Waals surface area contributed by atoms with E-state index in [2.05, 4.69) is 23.1 Å². The molecule has 0 heterocycles. The van der Waals surface area contributed by atoms with Crippen molar-refractivity contribution in [2.75, 3.05) is 25.6 Å². The van der Waals surface area contributed by atoms with Gasteiger partial charge < -0.3 is 10.6 Å². The van der Waals surface area contributed by atoms with Crippen molar-refractivity contribution >= 4 is 17.7 Å². The fourth-order valence-corrected chi connectivity index (χ4v) is 2.00. The van der Waals surface area contributed by atoms with Crippen molar-refractivity contribution < 1.29 is 0 Å². The number of thioether (sulfide) groups is 1. The Morgan fingerprint density at radius 2 is 2.15 bits per heavy atom. The summed E-state index contributed by atoms with van der Waals surface area (Å²) in [6, 6.07) is 0.505. The Bertz CT molecular complexity index is 159. The minimum Gasteiger partial charge on any atom is -0.370 e. The average molecular weight is 203 g/mol. The lowest BCUT2D eigenvalue weighted by Gasteiger charge is -2.27. The number of nitrogens with zero attached hydrogens (tertiary/aromatic N) is 2. The van der Waals surface area contributed by atoms with Crippen LogP contribution in [0.3, 0.4) is 0 Å². The van der Waals surface area contributed by atoms with Gasteiger partial charge in [0.1, 0.15) is 0 Å². The Labute approximate surface area is 85.8 Å². The van der Waals surface area contributed by atoms with Gasteiger partial charge in [0, 0.05) is 25.4 Å². The summed E-state index contributed by atoms with van der Waals surface area (Å²) in [6.07, 6.45) is 3.22. The molecule has 1 unspecified atom stereocenters. The monoisotopic (exact) mass is 203 g/mol. The molecule has 0 aliphatic carbocycles. The molecule has 0 radical (unpaired) electrons. The van der Waals surface area contributed by atoms with Crippen LogP contribution in [0.25, 0.3) is 0 Å². The molecule has 0 aliphatic heterocycles. The molecule has 0 rings (SSSR count). The second-order valence-corrected chi connectivity index (χ2v) is 3.87. The third kappa shape index (κ3) is 4.41. The van der Waals surface area contributed by atoms with E-state index in [-0.39, 0.29) is 0 Å². The van der Waals surface area contributed by atoms with Crippen molar-refractivity contribution in [3.8, 4) is 0 Å². The molecule has 1 atom stereocenters. The number of rotatable bonds is 5. The highest BCUT2D eigenvalue weighted by molar-refractivity contribution is 7.98. The van der Waals surface area contributed by atoms with Gasteiger partial charge in [0.15, 0.2) is 5.96 Å². The number of hydrogen-bond acceptors (Lipinski definition) is 2. The first-order valence-electron chi connectivity index (χ1n) is 4.69. The third-order valence-corrected chi connectivity index (χ3v) is 2.78. The molecule has 4 heteroatoms. The van der Waals surface area contributed by atoms with E-state index < -0.39 is 0 Å². The lowest BCUT2D eigenvalue weighted by atomic mass is 10.2.